The third-order valence-corrected chi connectivity index (χ3v) is 5.40. The maximum atomic E-state index is 4.42. The van der Waals surface area contributed by atoms with Crippen molar-refractivity contribution in [2.75, 3.05) is 0 Å². The molecule has 4 aromatic carbocycles. The van der Waals surface area contributed by atoms with Crippen LogP contribution in [-0.2, 0) is 0 Å². The zero-order chi connectivity index (χ0) is 19.9. The molecular weight excluding hydrogens is 372 g/mol. The normalized spacial score (nSPS) is 11.3. The van der Waals surface area contributed by atoms with E-state index in [9.17, 15) is 0 Å². The average molecular weight is 386 g/mol. The first-order valence-electron chi connectivity index (χ1n) is 9.58. The van der Waals surface area contributed by atoms with Gasteiger partial charge in [-0.1, -0.05) is 78.9 Å². The summed E-state index contributed by atoms with van der Waals surface area (Å²) in [6.07, 6.45) is 1.65. The summed E-state index contributed by atoms with van der Waals surface area (Å²) in [6.45, 7) is 0. The maximum absolute atomic E-state index is 4.42. The summed E-state index contributed by atoms with van der Waals surface area (Å²) in [7, 11) is 0. The summed E-state index contributed by atoms with van der Waals surface area (Å²) in [4.78, 5) is 0. The van der Waals surface area contributed by atoms with Crippen molar-refractivity contribution < 1.29 is 0 Å². The summed E-state index contributed by atoms with van der Waals surface area (Å²) in [5.41, 5.74) is 4.31. The molecule has 0 aliphatic rings. The van der Waals surface area contributed by atoms with Gasteiger partial charge in [0.15, 0.2) is 0 Å². The lowest BCUT2D eigenvalue weighted by molar-refractivity contribution is 0.836. The van der Waals surface area contributed by atoms with Crippen molar-refractivity contribution in [3.05, 3.63) is 85.1 Å². The molecule has 0 aliphatic heterocycles. The van der Waals surface area contributed by atoms with Crippen LogP contribution in [0.1, 0.15) is 0 Å². The molecule has 30 heavy (non-hydrogen) atoms. The van der Waals surface area contributed by atoms with Crippen molar-refractivity contribution in [2.45, 2.75) is 0 Å². The van der Waals surface area contributed by atoms with Crippen LogP contribution in [0.15, 0.2) is 85.1 Å². The van der Waals surface area contributed by atoms with Gasteiger partial charge in [-0.05, 0) is 43.1 Å². The van der Waals surface area contributed by atoms with E-state index in [4.69, 9.17) is 0 Å². The molecule has 6 aromatic rings. The number of fused-ring (bicyclic) bond motifs is 3. The Bertz CT molecular complexity index is 1550. The van der Waals surface area contributed by atoms with Crippen LogP contribution in [0.3, 0.4) is 0 Å². The monoisotopic (exact) mass is 386 g/mol. The van der Waals surface area contributed by atoms with E-state index in [0.29, 0.717) is 11.3 Å². The van der Waals surface area contributed by atoms with Gasteiger partial charge in [0.2, 0.25) is 5.65 Å². The van der Waals surface area contributed by atoms with E-state index < -0.39 is 0 Å². The second-order valence-corrected chi connectivity index (χ2v) is 7.05. The van der Waals surface area contributed by atoms with E-state index in [1.165, 1.54) is 10.8 Å². The lowest BCUT2D eigenvalue weighted by Gasteiger charge is -2.15. The fraction of sp³-hybridized carbons (Fsp3) is 0. The largest absolute Gasteiger partial charge is 0.211 e. The van der Waals surface area contributed by atoms with E-state index in [1.807, 2.05) is 12.1 Å². The maximum Gasteiger partial charge on any atom is 0.211 e. The van der Waals surface area contributed by atoms with Crippen LogP contribution >= 0.6 is 0 Å². The molecule has 0 radical (unpaired) electrons. The average Bonchev–Trinajstić information content (AvgIpc) is 2.83. The van der Waals surface area contributed by atoms with Gasteiger partial charge in [-0.15, -0.1) is 20.4 Å². The van der Waals surface area contributed by atoms with Crippen LogP contribution < -0.4 is 0 Å². The lowest BCUT2D eigenvalue weighted by Crippen LogP contribution is -2.00. The summed E-state index contributed by atoms with van der Waals surface area (Å²) in [6, 6.07) is 27.3. The summed E-state index contributed by atoms with van der Waals surface area (Å²) in [5, 5.41) is 29.4. The van der Waals surface area contributed by atoms with Gasteiger partial charge in [0.05, 0.1) is 11.6 Å². The highest BCUT2D eigenvalue weighted by Crippen LogP contribution is 2.41. The number of nitrogens with zero attached hydrogens (tertiary/aromatic N) is 6. The molecule has 0 aliphatic carbocycles. The Balaban J connectivity index is 1.79. The van der Waals surface area contributed by atoms with Crippen LogP contribution in [0.5, 0.6) is 0 Å². The number of hydrogen-bond donors (Lipinski definition) is 0. The fourth-order valence-electron chi connectivity index (χ4n) is 4.06. The second-order valence-electron chi connectivity index (χ2n) is 7.05. The molecule has 0 N–H and O–H groups in total. The van der Waals surface area contributed by atoms with Gasteiger partial charge in [0.25, 0.3) is 0 Å². The van der Waals surface area contributed by atoms with Crippen LogP contribution in [0.25, 0.3) is 55.0 Å². The summed E-state index contributed by atoms with van der Waals surface area (Å²) in [5.74, 6) is 0. The van der Waals surface area contributed by atoms with Gasteiger partial charge in [-0.3, -0.25) is 0 Å². The molecule has 0 saturated carbocycles. The van der Waals surface area contributed by atoms with Gasteiger partial charge in [0.1, 0.15) is 5.69 Å². The minimum atomic E-state index is 0.423. The highest BCUT2D eigenvalue weighted by atomic mass is 15.4. The van der Waals surface area contributed by atoms with Crippen molar-refractivity contribution in [3.8, 4) is 22.4 Å². The SMILES string of the molecule is c1ccc2c(-c3ccc4ccccc4c3-c3nnnc4nnncc34)cccc2c1. The predicted octanol–water partition coefficient (Wildman–Crippen LogP) is 4.85. The molecule has 2 aromatic heterocycles. The zero-order valence-electron chi connectivity index (χ0n) is 15.8. The Morgan fingerprint density at radius 1 is 0.500 bits per heavy atom. The van der Waals surface area contributed by atoms with Crippen LogP contribution in [0.2, 0.25) is 0 Å². The van der Waals surface area contributed by atoms with Crippen molar-refractivity contribution in [2.24, 2.45) is 0 Å². The first-order valence-corrected chi connectivity index (χ1v) is 9.58. The fourth-order valence-corrected chi connectivity index (χ4v) is 4.06. The van der Waals surface area contributed by atoms with E-state index >= 15 is 0 Å². The molecule has 0 amide bonds. The second kappa shape index (κ2) is 6.63. The van der Waals surface area contributed by atoms with E-state index in [2.05, 4.69) is 97.6 Å². The van der Waals surface area contributed by atoms with Crippen LogP contribution in [0, 0.1) is 0 Å². The van der Waals surface area contributed by atoms with Gasteiger partial charge < -0.3 is 0 Å². The smallest absolute Gasteiger partial charge is 0.138 e. The Hall–Kier alpha value is -4.32. The molecular formula is C24H14N6. The minimum absolute atomic E-state index is 0.423. The first kappa shape index (κ1) is 16.6. The number of aromatic nitrogens is 6. The molecule has 140 valence electrons. The Morgan fingerprint density at radius 3 is 2.13 bits per heavy atom. The van der Waals surface area contributed by atoms with Crippen molar-refractivity contribution in [1.29, 1.82) is 0 Å². The lowest BCUT2D eigenvalue weighted by atomic mass is 9.89. The van der Waals surface area contributed by atoms with Crippen molar-refractivity contribution >= 4 is 32.6 Å². The van der Waals surface area contributed by atoms with Crippen molar-refractivity contribution in [1.82, 2.24) is 30.8 Å². The van der Waals surface area contributed by atoms with E-state index in [-0.39, 0.29) is 0 Å². The predicted molar refractivity (Wildman–Crippen MR) is 117 cm³/mol. The summed E-state index contributed by atoms with van der Waals surface area (Å²) < 4.78 is 0. The molecule has 6 heteroatoms. The van der Waals surface area contributed by atoms with Gasteiger partial charge in [-0.2, -0.15) is 0 Å². The zero-order valence-corrected chi connectivity index (χ0v) is 15.8. The third-order valence-electron chi connectivity index (χ3n) is 5.40. The standard InChI is InChI=1S/C24H14N6/c1-3-9-17-15(6-1)8-5-11-19(17)20-13-12-16-7-2-4-10-18(16)22(20)23-21-14-25-29-27-24(21)28-30-26-23/h1-14H. The number of benzene rings is 4. The number of hydrogen-bond acceptors (Lipinski definition) is 6. The Kier molecular flexibility index (Phi) is 3.67. The van der Waals surface area contributed by atoms with Crippen molar-refractivity contribution in [3.63, 3.8) is 0 Å². The number of rotatable bonds is 2. The van der Waals surface area contributed by atoms with Gasteiger partial charge in [0, 0.05) is 5.56 Å². The van der Waals surface area contributed by atoms with E-state index in [1.54, 1.807) is 6.20 Å². The van der Waals surface area contributed by atoms with Crippen LogP contribution in [-0.4, -0.2) is 30.8 Å². The molecule has 2 heterocycles. The molecule has 0 atom stereocenters. The highest BCUT2D eigenvalue weighted by molar-refractivity contribution is 6.11. The topological polar surface area (TPSA) is 77.3 Å². The first-order chi connectivity index (χ1) is 14.9. The van der Waals surface area contributed by atoms with Gasteiger partial charge >= 0.3 is 0 Å². The molecule has 0 unspecified atom stereocenters. The molecule has 0 saturated heterocycles. The molecule has 6 rings (SSSR count). The quantitative estimate of drug-likeness (QED) is 0.423. The molecule has 0 fully saturated rings. The Morgan fingerprint density at radius 2 is 1.23 bits per heavy atom. The molecule has 6 nitrogen and oxygen atoms in total. The van der Waals surface area contributed by atoms with E-state index in [0.717, 1.165) is 32.8 Å². The molecule has 0 bridgehead atoms. The highest BCUT2D eigenvalue weighted by Gasteiger charge is 2.18. The van der Waals surface area contributed by atoms with Gasteiger partial charge in [-0.25, -0.2) is 0 Å². The third kappa shape index (κ3) is 2.51. The molecule has 0 spiro atoms. The minimum Gasteiger partial charge on any atom is -0.138 e. The van der Waals surface area contributed by atoms with Crippen LogP contribution in [0.4, 0.5) is 0 Å². The Labute approximate surface area is 171 Å². The summed E-state index contributed by atoms with van der Waals surface area (Å²) >= 11 is 0.